The highest BCUT2D eigenvalue weighted by molar-refractivity contribution is 5.57. The first kappa shape index (κ1) is 19.7. The lowest BCUT2D eigenvalue weighted by Crippen LogP contribution is -2.25. The summed E-state index contributed by atoms with van der Waals surface area (Å²) in [7, 11) is 8.04. The summed E-state index contributed by atoms with van der Waals surface area (Å²) >= 11 is 0. The molecule has 3 rings (SSSR count). The summed E-state index contributed by atoms with van der Waals surface area (Å²) in [5, 5.41) is 11.8. The zero-order chi connectivity index (χ0) is 20.1. The second kappa shape index (κ2) is 8.32. The molecule has 3 nitrogen and oxygen atoms in total. The van der Waals surface area contributed by atoms with Crippen molar-refractivity contribution in [2.24, 2.45) is 0 Å². The summed E-state index contributed by atoms with van der Waals surface area (Å²) in [5.74, 6) is 0. The number of rotatable bonds is 6. The molecule has 0 spiro atoms. The van der Waals surface area contributed by atoms with E-state index in [2.05, 4.69) is 9.80 Å². The van der Waals surface area contributed by atoms with E-state index in [4.69, 9.17) is 0 Å². The predicted octanol–water partition coefficient (Wildman–Crippen LogP) is 4.77. The largest absolute Gasteiger partial charge is 0.378 e. The first-order valence-corrected chi connectivity index (χ1v) is 9.42. The van der Waals surface area contributed by atoms with E-state index < -0.39 is 5.60 Å². The molecule has 0 atom stereocenters. The maximum atomic E-state index is 11.8. The molecule has 0 radical (unpaired) electrons. The quantitative estimate of drug-likeness (QED) is 0.675. The third-order valence-electron chi connectivity index (χ3n) is 4.96. The average molecular weight is 373 g/mol. The molecule has 3 aromatic carbocycles. The Kier molecular flexibility index (Phi) is 5.86. The highest BCUT2D eigenvalue weighted by atomic mass is 16.3. The van der Waals surface area contributed by atoms with Crippen molar-refractivity contribution in [3.05, 3.63) is 102 Å². The van der Waals surface area contributed by atoms with Gasteiger partial charge in [-0.1, -0.05) is 60.7 Å². The maximum Gasteiger partial charge on any atom is 0.134 e. The molecule has 0 bridgehead atoms. The van der Waals surface area contributed by atoms with E-state index in [1.54, 1.807) is 0 Å². The molecule has 0 fully saturated rings. The Balaban J connectivity index is 2.05. The molecule has 0 amide bonds. The van der Waals surface area contributed by atoms with Gasteiger partial charge in [0.2, 0.25) is 0 Å². The average Bonchev–Trinajstić information content (AvgIpc) is 2.73. The van der Waals surface area contributed by atoms with Gasteiger partial charge >= 0.3 is 0 Å². The number of hydrogen-bond acceptors (Lipinski definition) is 3. The van der Waals surface area contributed by atoms with Gasteiger partial charge in [-0.2, -0.15) is 0 Å². The van der Waals surface area contributed by atoms with Crippen LogP contribution in [0.3, 0.4) is 0 Å². The number of aliphatic hydroxyl groups is 1. The molecule has 0 aliphatic heterocycles. The van der Waals surface area contributed by atoms with E-state index in [1.807, 2.05) is 119 Å². The molecule has 28 heavy (non-hydrogen) atoms. The Bertz CT molecular complexity index is 860. The van der Waals surface area contributed by atoms with Crippen molar-refractivity contribution in [2.45, 2.75) is 5.60 Å². The van der Waals surface area contributed by atoms with Crippen molar-refractivity contribution >= 4 is 17.5 Å². The van der Waals surface area contributed by atoms with Crippen LogP contribution in [0.2, 0.25) is 0 Å². The minimum absolute atomic E-state index is 0.836. The minimum atomic E-state index is -1.22. The molecule has 0 aliphatic rings. The van der Waals surface area contributed by atoms with Crippen LogP contribution in [0.25, 0.3) is 6.08 Å². The van der Waals surface area contributed by atoms with Crippen LogP contribution in [0.4, 0.5) is 11.4 Å². The zero-order valence-electron chi connectivity index (χ0n) is 17.0. The number of anilines is 2. The number of hydrogen-bond donors (Lipinski definition) is 1. The molecule has 0 aliphatic carbocycles. The van der Waals surface area contributed by atoms with Crippen molar-refractivity contribution in [3.8, 4) is 0 Å². The van der Waals surface area contributed by atoms with Crippen LogP contribution in [-0.2, 0) is 5.60 Å². The molecule has 3 aromatic rings. The van der Waals surface area contributed by atoms with E-state index in [1.165, 1.54) is 0 Å². The zero-order valence-corrected chi connectivity index (χ0v) is 17.0. The van der Waals surface area contributed by atoms with E-state index >= 15 is 0 Å². The maximum absolute atomic E-state index is 11.8. The van der Waals surface area contributed by atoms with Crippen LogP contribution in [-0.4, -0.2) is 33.3 Å². The van der Waals surface area contributed by atoms with Crippen molar-refractivity contribution in [2.75, 3.05) is 38.0 Å². The topological polar surface area (TPSA) is 26.7 Å². The van der Waals surface area contributed by atoms with Gasteiger partial charge in [-0.15, -0.1) is 0 Å². The fourth-order valence-electron chi connectivity index (χ4n) is 3.17. The Morgan fingerprint density at radius 3 is 1.46 bits per heavy atom. The minimum Gasteiger partial charge on any atom is -0.378 e. The smallest absolute Gasteiger partial charge is 0.134 e. The van der Waals surface area contributed by atoms with Crippen molar-refractivity contribution in [3.63, 3.8) is 0 Å². The molecule has 0 saturated heterocycles. The van der Waals surface area contributed by atoms with Gasteiger partial charge in [0.1, 0.15) is 5.60 Å². The number of nitrogens with zero attached hydrogens (tertiary/aromatic N) is 2. The molecule has 0 saturated carbocycles. The lowest BCUT2D eigenvalue weighted by atomic mass is 9.85. The predicted molar refractivity (Wildman–Crippen MR) is 120 cm³/mol. The van der Waals surface area contributed by atoms with Crippen LogP contribution in [0.15, 0.2) is 84.9 Å². The second-order valence-corrected chi connectivity index (χ2v) is 7.39. The van der Waals surface area contributed by atoms with Crippen molar-refractivity contribution in [1.82, 2.24) is 0 Å². The SMILES string of the molecule is CN(C)c1ccc(C(O)(C=Cc2ccccc2)c2ccc(N(C)C)cc2)cc1. The van der Waals surface area contributed by atoms with Gasteiger partial charge in [0.25, 0.3) is 0 Å². The molecular formula is C25H28N2O. The first-order valence-electron chi connectivity index (χ1n) is 9.42. The third-order valence-corrected chi connectivity index (χ3v) is 4.96. The lowest BCUT2D eigenvalue weighted by molar-refractivity contribution is 0.135. The summed E-state index contributed by atoms with van der Waals surface area (Å²) in [5.41, 5.74) is 3.70. The van der Waals surface area contributed by atoms with Crippen molar-refractivity contribution in [1.29, 1.82) is 0 Å². The molecule has 0 aromatic heterocycles. The van der Waals surface area contributed by atoms with Gasteiger partial charge in [0.05, 0.1) is 0 Å². The molecule has 1 N–H and O–H groups in total. The Labute approximate surface area is 168 Å². The highest BCUT2D eigenvalue weighted by Crippen LogP contribution is 2.34. The molecule has 0 heterocycles. The Morgan fingerprint density at radius 1 is 0.643 bits per heavy atom. The van der Waals surface area contributed by atoms with Gasteiger partial charge < -0.3 is 14.9 Å². The fourth-order valence-corrected chi connectivity index (χ4v) is 3.17. The van der Waals surface area contributed by atoms with Crippen LogP contribution in [0.1, 0.15) is 16.7 Å². The van der Waals surface area contributed by atoms with E-state index in [0.717, 1.165) is 28.1 Å². The molecule has 144 valence electrons. The summed E-state index contributed by atoms with van der Waals surface area (Å²) < 4.78 is 0. The normalized spacial score (nSPS) is 11.6. The van der Waals surface area contributed by atoms with E-state index in [9.17, 15) is 5.11 Å². The first-order chi connectivity index (χ1) is 13.4. The molecule has 3 heteroatoms. The summed E-state index contributed by atoms with van der Waals surface area (Å²) in [4.78, 5) is 4.10. The Hall–Kier alpha value is -3.04. The highest BCUT2D eigenvalue weighted by Gasteiger charge is 2.28. The van der Waals surface area contributed by atoms with Crippen LogP contribution >= 0.6 is 0 Å². The monoisotopic (exact) mass is 372 g/mol. The summed E-state index contributed by atoms with van der Waals surface area (Å²) in [6.45, 7) is 0. The van der Waals surface area contributed by atoms with E-state index in [0.29, 0.717) is 0 Å². The van der Waals surface area contributed by atoms with Crippen LogP contribution in [0.5, 0.6) is 0 Å². The lowest BCUT2D eigenvalue weighted by Gasteiger charge is -2.27. The summed E-state index contributed by atoms with van der Waals surface area (Å²) in [6.07, 6.45) is 3.84. The van der Waals surface area contributed by atoms with Crippen LogP contribution < -0.4 is 9.80 Å². The van der Waals surface area contributed by atoms with E-state index in [-0.39, 0.29) is 0 Å². The molecule has 0 unspecified atom stereocenters. The van der Waals surface area contributed by atoms with Gasteiger partial charge in [-0.3, -0.25) is 0 Å². The second-order valence-electron chi connectivity index (χ2n) is 7.39. The van der Waals surface area contributed by atoms with Gasteiger partial charge in [-0.25, -0.2) is 0 Å². The summed E-state index contributed by atoms with van der Waals surface area (Å²) in [6, 6.07) is 26.1. The van der Waals surface area contributed by atoms with Crippen LogP contribution in [0, 0.1) is 0 Å². The Morgan fingerprint density at radius 2 is 1.07 bits per heavy atom. The molecular weight excluding hydrogens is 344 g/mol. The number of benzene rings is 3. The van der Waals surface area contributed by atoms with Gasteiger partial charge in [0, 0.05) is 39.6 Å². The third kappa shape index (κ3) is 4.26. The van der Waals surface area contributed by atoms with Gasteiger partial charge in [-0.05, 0) is 47.0 Å². The van der Waals surface area contributed by atoms with Crippen molar-refractivity contribution < 1.29 is 5.11 Å². The fraction of sp³-hybridized carbons (Fsp3) is 0.200. The van der Waals surface area contributed by atoms with Gasteiger partial charge in [0.15, 0.2) is 0 Å². The standard InChI is InChI=1S/C25H28N2O/c1-26(2)23-14-10-21(11-15-23)25(28,19-18-20-8-6-5-7-9-20)22-12-16-24(17-13-22)27(3)4/h5-19,28H,1-4H3.